The van der Waals surface area contributed by atoms with Crippen LogP contribution in [0.3, 0.4) is 0 Å². The van der Waals surface area contributed by atoms with Crippen molar-refractivity contribution in [2.24, 2.45) is 0 Å². The molecule has 1 aliphatic rings. The predicted molar refractivity (Wildman–Crippen MR) is 91.0 cm³/mol. The van der Waals surface area contributed by atoms with E-state index in [4.69, 9.17) is 0 Å². The van der Waals surface area contributed by atoms with E-state index >= 15 is 0 Å². The number of nitrogens with one attached hydrogen (secondary N) is 2. The monoisotopic (exact) mass is 321 g/mol. The molecule has 7 nitrogen and oxygen atoms in total. The second-order valence-corrected chi connectivity index (χ2v) is 5.72. The number of benzene rings is 1. The van der Waals surface area contributed by atoms with Crippen molar-refractivity contribution in [3.8, 4) is 5.69 Å². The van der Waals surface area contributed by atoms with Crippen LogP contribution in [0.4, 0.5) is 5.82 Å². The Morgan fingerprint density at radius 3 is 2.92 bits per heavy atom. The van der Waals surface area contributed by atoms with Crippen molar-refractivity contribution in [3.05, 3.63) is 60.1 Å². The molecule has 2 aromatic heterocycles. The van der Waals surface area contributed by atoms with Crippen molar-refractivity contribution < 1.29 is 0 Å². The van der Waals surface area contributed by atoms with Crippen molar-refractivity contribution in [1.29, 1.82) is 0 Å². The van der Waals surface area contributed by atoms with E-state index in [2.05, 4.69) is 36.8 Å². The molecule has 0 fully saturated rings. The van der Waals surface area contributed by atoms with Crippen molar-refractivity contribution in [2.75, 3.05) is 18.4 Å². The van der Waals surface area contributed by atoms with Crippen LogP contribution in [0.5, 0.6) is 0 Å². The molecule has 122 valence electrons. The topological polar surface area (TPSA) is 80.6 Å². The quantitative estimate of drug-likeness (QED) is 0.755. The highest BCUT2D eigenvalue weighted by molar-refractivity contribution is 5.49. The zero-order valence-electron chi connectivity index (χ0n) is 13.3. The molecule has 3 heterocycles. The summed E-state index contributed by atoms with van der Waals surface area (Å²) in [5, 5.41) is 11.1. The number of nitrogens with zero attached hydrogens (tertiary/aromatic N) is 5. The molecule has 0 spiro atoms. The van der Waals surface area contributed by atoms with Gasteiger partial charge in [-0.05, 0) is 24.6 Å². The van der Waals surface area contributed by atoms with E-state index < -0.39 is 0 Å². The Balaban J connectivity index is 1.59. The van der Waals surface area contributed by atoms with Crippen LogP contribution < -0.4 is 10.6 Å². The van der Waals surface area contributed by atoms with Crippen molar-refractivity contribution in [1.82, 2.24) is 30.0 Å². The zero-order valence-corrected chi connectivity index (χ0v) is 13.3. The first-order chi connectivity index (χ1) is 11.9. The fraction of sp³-hybridized carbons (Fsp3) is 0.294. The predicted octanol–water partition coefficient (Wildman–Crippen LogP) is 1.36. The van der Waals surface area contributed by atoms with Gasteiger partial charge >= 0.3 is 0 Å². The van der Waals surface area contributed by atoms with Gasteiger partial charge in [0.2, 0.25) is 0 Å². The Morgan fingerprint density at radius 2 is 2.00 bits per heavy atom. The molecule has 2 N–H and O–H groups in total. The van der Waals surface area contributed by atoms with Gasteiger partial charge < -0.3 is 10.6 Å². The van der Waals surface area contributed by atoms with Crippen LogP contribution in [0.1, 0.15) is 16.8 Å². The van der Waals surface area contributed by atoms with Gasteiger partial charge in [0.1, 0.15) is 24.8 Å². The highest BCUT2D eigenvalue weighted by atomic mass is 15.3. The molecule has 0 aliphatic carbocycles. The van der Waals surface area contributed by atoms with Gasteiger partial charge in [-0.3, -0.25) is 0 Å². The number of fused-ring (bicyclic) bond motifs is 1. The van der Waals surface area contributed by atoms with Crippen molar-refractivity contribution >= 4 is 5.82 Å². The van der Waals surface area contributed by atoms with Crippen LogP contribution in [-0.4, -0.2) is 37.8 Å². The van der Waals surface area contributed by atoms with E-state index in [0.717, 1.165) is 48.7 Å². The molecule has 1 aromatic carbocycles. The fourth-order valence-corrected chi connectivity index (χ4v) is 3.02. The summed E-state index contributed by atoms with van der Waals surface area (Å²) in [4.78, 5) is 12.9. The van der Waals surface area contributed by atoms with Crippen LogP contribution in [0.15, 0.2) is 43.2 Å². The summed E-state index contributed by atoms with van der Waals surface area (Å²) in [6.07, 6.45) is 6.80. The number of rotatable bonds is 4. The lowest BCUT2D eigenvalue weighted by atomic mass is 10.1. The summed E-state index contributed by atoms with van der Waals surface area (Å²) in [6.45, 7) is 2.61. The largest absolute Gasteiger partial charge is 0.366 e. The minimum Gasteiger partial charge on any atom is -0.366 e. The average Bonchev–Trinajstić information content (AvgIpc) is 3.05. The molecule has 7 heteroatoms. The molecule has 0 amide bonds. The maximum absolute atomic E-state index is 4.46. The molecule has 4 rings (SSSR count). The first-order valence-electron chi connectivity index (χ1n) is 8.12. The maximum Gasteiger partial charge on any atom is 0.138 e. The average molecular weight is 321 g/mol. The van der Waals surface area contributed by atoms with Crippen LogP contribution in [0.25, 0.3) is 5.69 Å². The molecule has 0 bridgehead atoms. The fourth-order valence-electron chi connectivity index (χ4n) is 3.02. The summed E-state index contributed by atoms with van der Waals surface area (Å²) >= 11 is 0. The summed E-state index contributed by atoms with van der Waals surface area (Å²) in [5.74, 6) is 0.928. The SMILES string of the molecule is c1ccc(-n2cncn2)c(CNc2ncnc3c2CCNCC3)c1. The lowest BCUT2D eigenvalue weighted by Crippen LogP contribution is -2.16. The third kappa shape index (κ3) is 2.98. The molecule has 0 unspecified atom stereocenters. The molecule has 0 saturated heterocycles. The number of hydrogen-bond donors (Lipinski definition) is 2. The third-order valence-electron chi connectivity index (χ3n) is 4.23. The van der Waals surface area contributed by atoms with Crippen molar-refractivity contribution in [3.63, 3.8) is 0 Å². The van der Waals surface area contributed by atoms with Gasteiger partial charge in [0.05, 0.1) is 11.4 Å². The highest BCUT2D eigenvalue weighted by Crippen LogP contribution is 2.20. The van der Waals surface area contributed by atoms with Crippen LogP contribution in [-0.2, 0) is 19.4 Å². The van der Waals surface area contributed by atoms with Gasteiger partial charge in [0.25, 0.3) is 0 Å². The summed E-state index contributed by atoms with van der Waals surface area (Å²) < 4.78 is 1.78. The second kappa shape index (κ2) is 6.76. The van der Waals surface area contributed by atoms with Gasteiger partial charge in [0, 0.05) is 25.1 Å². The number of anilines is 1. The molecular weight excluding hydrogens is 302 g/mol. The lowest BCUT2D eigenvalue weighted by Gasteiger charge is -2.14. The normalized spacial score (nSPS) is 14.0. The molecule has 0 atom stereocenters. The van der Waals surface area contributed by atoms with Gasteiger partial charge in [0.15, 0.2) is 0 Å². The molecule has 0 saturated carbocycles. The second-order valence-electron chi connectivity index (χ2n) is 5.72. The minimum atomic E-state index is 0.674. The Morgan fingerprint density at radius 1 is 1.08 bits per heavy atom. The standard InChI is InChI=1S/C17H19N7/c1-2-4-16(24-12-19-10-23-24)13(3-1)9-20-17-14-5-7-18-8-6-15(14)21-11-22-17/h1-4,10-12,18H,5-9H2,(H,20,21,22). The molecule has 3 aromatic rings. The van der Waals surface area contributed by atoms with Crippen LogP contribution >= 0.6 is 0 Å². The van der Waals surface area contributed by atoms with Gasteiger partial charge in [-0.15, -0.1) is 0 Å². The maximum atomic E-state index is 4.46. The van der Waals surface area contributed by atoms with Gasteiger partial charge in [-0.1, -0.05) is 18.2 Å². The van der Waals surface area contributed by atoms with E-state index in [1.54, 1.807) is 23.7 Å². The Hall–Kier alpha value is -2.80. The lowest BCUT2D eigenvalue weighted by molar-refractivity contribution is 0.708. The Bertz CT molecular complexity index is 814. The smallest absolute Gasteiger partial charge is 0.138 e. The minimum absolute atomic E-state index is 0.674. The van der Waals surface area contributed by atoms with Gasteiger partial charge in [-0.2, -0.15) is 5.10 Å². The van der Waals surface area contributed by atoms with E-state index in [-0.39, 0.29) is 0 Å². The van der Waals surface area contributed by atoms with E-state index in [9.17, 15) is 0 Å². The Kier molecular flexibility index (Phi) is 4.16. The summed E-state index contributed by atoms with van der Waals surface area (Å²) in [6, 6.07) is 8.16. The number of aromatic nitrogens is 5. The highest BCUT2D eigenvalue weighted by Gasteiger charge is 2.14. The van der Waals surface area contributed by atoms with Gasteiger partial charge in [-0.25, -0.2) is 19.6 Å². The van der Waals surface area contributed by atoms with Crippen molar-refractivity contribution in [2.45, 2.75) is 19.4 Å². The van der Waals surface area contributed by atoms with E-state index in [0.29, 0.717) is 6.54 Å². The molecule has 1 aliphatic heterocycles. The van der Waals surface area contributed by atoms with E-state index in [1.165, 1.54) is 5.56 Å². The number of para-hydroxylation sites is 1. The number of hydrogen-bond acceptors (Lipinski definition) is 6. The zero-order chi connectivity index (χ0) is 16.2. The molecule has 0 radical (unpaired) electrons. The summed E-state index contributed by atoms with van der Waals surface area (Å²) in [7, 11) is 0. The van der Waals surface area contributed by atoms with Crippen LogP contribution in [0.2, 0.25) is 0 Å². The third-order valence-corrected chi connectivity index (χ3v) is 4.23. The molecule has 24 heavy (non-hydrogen) atoms. The molecular formula is C17H19N7. The first kappa shape index (κ1) is 14.8. The van der Waals surface area contributed by atoms with Crippen LogP contribution in [0, 0.1) is 0 Å². The summed E-state index contributed by atoms with van der Waals surface area (Å²) in [5.41, 5.74) is 4.52. The first-order valence-corrected chi connectivity index (χ1v) is 8.12. The Labute approximate surface area is 140 Å². The van der Waals surface area contributed by atoms with E-state index in [1.807, 2.05) is 18.2 Å².